The van der Waals surface area contributed by atoms with Crippen molar-refractivity contribution >= 4 is 17.4 Å². The second-order valence-electron chi connectivity index (χ2n) is 8.34. The van der Waals surface area contributed by atoms with Gasteiger partial charge in [-0.3, -0.25) is 0 Å². The molecule has 0 aromatic heterocycles. The first-order chi connectivity index (χ1) is 13.8. The zero-order valence-electron chi connectivity index (χ0n) is 17.2. The van der Waals surface area contributed by atoms with Crippen LogP contribution in [0.25, 0.3) is 0 Å². The average molecular weight is 396 g/mol. The van der Waals surface area contributed by atoms with Gasteiger partial charge in [0.25, 0.3) is 0 Å². The van der Waals surface area contributed by atoms with Gasteiger partial charge in [0.2, 0.25) is 0 Å². The standard InChI is InChI=1S/C23H28N2O4/c1-23(2,3)19-14-17(8-11-21(19)25-12-4-5-13-25)20(24-28)15-29-18-9-6-16(7-10-18)22(26)27/h6-11,14,28H,4-5,12-13,15H2,1-3H3,(H,26,27). The molecule has 1 aliphatic rings. The Bertz CT molecular complexity index is 892. The van der Waals surface area contributed by atoms with Crippen molar-refractivity contribution in [3.05, 3.63) is 59.2 Å². The molecular formula is C23H28N2O4. The topological polar surface area (TPSA) is 82.4 Å². The average Bonchev–Trinajstić information content (AvgIpc) is 3.22. The van der Waals surface area contributed by atoms with E-state index in [9.17, 15) is 10.0 Å². The fraction of sp³-hybridized carbons (Fsp3) is 0.391. The van der Waals surface area contributed by atoms with Crippen LogP contribution in [0.3, 0.4) is 0 Å². The molecule has 1 fully saturated rings. The van der Waals surface area contributed by atoms with Gasteiger partial charge < -0.3 is 20.0 Å². The first-order valence-corrected chi connectivity index (χ1v) is 9.86. The number of nitrogens with zero attached hydrogens (tertiary/aromatic N) is 2. The number of hydrogen-bond acceptors (Lipinski definition) is 5. The Kier molecular flexibility index (Phi) is 6.11. The summed E-state index contributed by atoms with van der Waals surface area (Å²) in [5, 5.41) is 22.0. The number of carbonyl (C=O) groups is 1. The van der Waals surface area contributed by atoms with Crippen LogP contribution in [-0.4, -0.2) is 41.7 Å². The molecule has 1 saturated heterocycles. The summed E-state index contributed by atoms with van der Waals surface area (Å²) in [5.41, 5.74) is 3.82. The van der Waals surface area contributed by atoms with Crippen molar-refractivity contribution in [3.63, 3.8) is 0 Å². The predicted molar refractivity (Wildman–Crippen MR) is 114 cm³/mol. The summed E-state index contributed by atoms with van der Waals surface area (Å²) in [6, 6.07) is 12.3. The number of rotatable bonds is 6. The molecule has 0 bridgehead atoms. The summed E-state index contributed by atoms with van der Waals surface area (Å²) in [7, 11) is 0. The van der Waals surface area contributed by atoms with Gasteiger partial charge in [-0.2, -0.15) is 0 Å². The summed E-state index contributed by atoms with van der Waals surface area (Å²) in [4.78, 5) is 13.4. The lowest BCUT2D eigenvalue weighted by atomic mass is 9.84. The molecular weight excluding hydrogens is 368 g/mol. The van der Waals surface area contributed by atoms with E-state index in [0.717, 1.165) is 18.7 Å². The number of carboxylic acids is 1. The van der Waals surface area contributed by atoms with E-state index in [1.807, 2.05) is 6.07 Å². The number of carboxylic acid groups (broad SMARTS) is 1. The SMILES string of the molecule is CC(C)(C)c1cc(C(COc2ccc(C(=O)O)cc2)=NO)ccc1N1CCCC1. The van der Waals surface area contributed by atoms with Gasteiger partial charge in [0, 0.05) is 24.3 Å². The van der Waals surface area contributed by atoms with Gasteiger partial charge in [0.05, 0.1) is 5.56 Å². The second-order valence-corrected chi connectivity index (χ2v) is 8.34. The molecule has 0 amide bonds. The molecule has 6 nitrogen and oxygen atoms in total. The van der Waals surface area contributed by atoms with Crippen molar-refractivity contribution < 1.29 is 19.8 Å². The minimum Gasteiger partial charge on any atom is -0.487 e. The molecule has 0 unspecified atom stereocenters. The monoisotopic (exact) mass is 396 g/mol. The highest BCUT2D eigenvalue weighted by atomic mass is 16.5. The molecule has 0 radical (unpaired) electrons. The van der Waals surface area contributed by atoms with Gasteiger partial charge in [-0.05, 0) is 60.2 Å². The lowest BCUT2D eigenvalue weighted by molar-refractivity contribution is 0.0697. The number of ether oxygens (including phenoxy) is 1. The molecule has 0 spiro atoms. The number of anilines is 1. The Morgan fingerprint density at radius 3 is 2.24 bits per heavy atom. The summed E-state index contributed by atoms with van der Waals surface area (Å²) in [5.74, 6) is -0.470. The van der Waals surface area contributed by atoms with Gasteiger partial charge in [-0.25, -0.2) is 4.79 Å². The molecule has 6 heteroatoms. The fourth-order valence-corrected chi connectivity index (χ4v) is 3.57. The van der Waals surface area contributed by atoms with Crippen molar-refractivity contribution in [1.29, 1.82) is 0 Å². The smallest absolute Gasteiger partial charge is 0.335 e. The first kappa shape index (κ1) is 20.7. The Balaban J connectivity index is 1.80. The van der Waals surface area contributed by atoms with Gasteiger partial charge in [-0.15, -0.1) is 0 Å². The summed E-state index contributed by atoms with van der Waals surface area (Å²) in [6.07, 6.45) is 2.42. The largest absolute Gasteiger partial charge is 0.487 e. The van der Waals surface area contributed by atoms with Crippen molar-refractivity contribution in [3.8, 4) is 5.75 Å². The Hall–Kier alpha value is -3.02. The molecule has 2 aromatic rings. The minimum atomic E-state index is -0.984. The maximum absolute atomic E-state index is 10.9. The Morgan fingerprint density at radius 1 is 1.07 bits per heavy atom. The summed E-state index contributed by atoms with van der Waals surface area (Å²) >= 11 is 0. The van der Waals surface area contributed by atoms with Crippen LogP contribution < -0.4 is 9.64 Å². The lowest BCUT2D eigenvalue weighted by Crippen LogP contribution is -2.24. The van der Waals surface area contributed by atoms with Gasteiger partial charge in [0.1, 0.15) is 18.1 Å². The number of aromatic carboxylic acids is 1. The third kappa shape index (κ3) is 4.88. The number of benzene rings is 2. The van der Waals surface area contributed by atoms with Crippen molar-refractivity contribution in [2.45, 2.75) is 39.0 Å². The quantitative estimate of drug-likeness (QED) is 0.426. The van der Waals surface area contributed by atoms with Crippen LogP contribution in [0.1, 0.15) is 55.1 Å². The van der Waals surface area contributed by atoms with Crippen molar-refractivity contribution in [2.75, 3.05) is 24.6 Å². The van der Waals surface area contributed by atoms with E-state index in [4.69, 9.17) is 9.84 Å². The molecule has 3 rings (SSSR count). The van der Waals surface area contributed by atoms with Crippen molar-refractivity contribution in [2.24, 2.45) is 5.16 Å². The number of oxime groups is 1. The maximum Gasteiger partial charge on any atom is 0.335 e. The molecule has 2 N–H and O–H groups in total. The summed E-state index contributed by atoms with van der Waals surface area (Å²) in [6.45, 7) is 8.76. The fourth-order valence-electron chi connectivity index (χ4n) is 3.57. The highest BCUT2D eigenvalue weighted by Gasteiger charge is 2.24. The van der Waals surface area contributed by atoms with E-state index in [1.165, 1.54) is 36.2 Å². The van der Waals surface area contributed by atoms with Crippen LogP contribution in [0.2, 0.25) is 0 Å². The zero-order chi connectivity index (χ0) is 21.0. The summed E-state index contributed by atoms with van der Waals surface area (Å²) < 4.78 is 5.71. The minimum absolute atomic E-state index is 0.0536. The van der Waals surface area contributed by atoms with Crippen molar-refractivity contribution in [1.82, 2.24) is 0 Å². The van der Waals surface area contributed by atoms with Gasteiger partial charge >= 0.3 is 5.97 Å². The van der Waals surface area contributed by atoms with Crippen LogP contribution >= 0.6 is 0 Å². The molecule has 0 saturated carbocycles. The van der Waals surface area contributed by atoms with Gasteiger partial charge in [0.15, 0.2) is 0 Å². The third-order valence-corrected chi connectivity index (χ3v) is 5.18. The third-order valence-electron chi connectivity index (χ3n) is 5.18. The van der Waals surface area contributed by atoms with Crippen LogP contribution in [0, 0.1) is 0 Å². The molecule has 154 valence electrons. The maximum atomic E-state index is 10.9. The van der Waals surface area contributed by atoms with E-state index >= 15 is 0 Å². The van der Waals surface area contributed by atoms with E-state index in [2.05, 4.69) is 43.0 Å². The van der Waals surface area contributed by atoms with E-state index in [-0.39, 0.29) is 17.6 Å². The van der Waals surface area contributed by atoms with Crippen LogP contribution in [0.4, 0.5) is 5.69 Å². The molecule has 2 aromatic carbocycles. The zero-order valence-corrected chi connectivity index (χ0v) is 17.2. The highest BCUT2D eigenvalue weighted by molar-refractivity contribution is 6.02. The normalized spacial score (nSPS) is 14.9. The first-order valence-electron chi connectivity index (χ1n) is 9.86. The molecule has 1 heterocycles. The molecule has 0 atom stereocenters. The van der Waals surface area contributed by atoms with Crippen LogP contribution in [-0.2, 0) is 5.41 Å². The second kappa shape index (κ2) is 8.55. The lowest BCUT2D eigenvalue weighted by Gasteiger charge is -2.29. The molecule has 29 heavy (non-hydrogen) atoms. The van der Waals surface area contributed by atoms with E-state index < -0.39 is 5.97 Å². The van der Waals surface area contributed by atoms with Gasteiger partial charge in [-0.1, -0.05) is 32.0 Å². The highest BCUT2D eigenvalue weighted by Crippen LogP contribution is 2.34. The Labute approximate surface area is 171 Å². The van der Waals surface area contributed by atoms with Crippen LogP contribution in [0.5, 0.6) is 5.75 Å². The molecule has 1 aliphatic heterocycles. The van der Waals surface area contributed by atoms with E-state index in [0.29, 0.717) is 11.5 Å². The number of hydrogen-bond donors (Lipinski definition) is 2. The predicted octanol–water partition coefficient (Wildman–Crippen LogP) is 4.54. The van der Waals surface area contributed by atoms with Crippen LogP contribution in [0.15, 0.2) is 47.6 Å². The molecule has 0 aliphatic carbocycles. The Morgan fingerprint density at radius 2 is 1.69 bits per heavy atom. The van der Waals surface area contributed by atoms with E-state index in [1.54, 1.807) is 12.1 Å².